The lowest BCUT2D eigenvalue weighted by Crippen LogP contribution is -3.00. The van der Waals surface area contributed by atoms with E-state index in [9.17, 15) is 8.42 Å². The van der Waals surface area contributed by atoms with Crippen LogP contribution in [0.2, 0.25) is 0 Å². The summed E-state index contributed by atoms with van der Waals surface area (Å²) in [6, 6.07) is 5.14. The van der Waals surface area contributed by atoms with Gasteiger partial charge in [-0.05, 0) is 0 Å². The Morgan fingerprint density at radius 1 is 1.17 bits per heavy atom. The number of hydrogen-bond donors (Lipinski definition) is 1. The standard InChI is InChI=1S/C6H7NO3S.ClH/c8-11(9,10)6-7-4-2-1-3-5-7;/h1-5H,6H2;1H. The van der Waals surface area contributed by atoms with Crippen LogP contribution in [-0.4, -0.2) is 13.0 Å². The fourth-order valence-corrected chi connectivity index (χ4v) is 1.26. The number of pyridine rings is 1. The Hall–Kier alpha value is -0.650. The third-order valence-corrected chi connectivity index (χ3v) is 1.71. The zero-order valence-electron chi connectivity index (χ0n) is 6.09. The van der Waals surface area contributed by atoms with Gasteiger partial charge in [-0.25, -0.2) is 0 Å². The zero-order chi connectivity index (χ0) is 8.32. The largest absolute Gasteiger partial charge is 1.00 e. The van der Waals surface area contributed by atoms with E-state index in [0.717, 1.165) is 0 Å². The average molecular weight is 210 g/mol. The Bertz CT molecular complexity index is 324. The van der Waals surface area contributed by atoms with Gasteiger partial charge in [-0.1, -0.05) is 6.07 Å². The van der Waals surface area contributed by atoms with Gasteiger partial charge in [0, 0.05) is 12.1 Å². The molecule has 0 aliphatic heterocycles. The highest BCUT2D eigenvalue weighted by Crippen LogP contribution is 1.82. The van der Waals surface area contributed by atoms with Gasteiger partial charge in [-0.3, -0.25) is 4.55 Å². The molecule has 0 amide bonds. The lowest BCUT2D eigenvalue weighted by atomic mass is 10.5. The second-order valence-electron chi connectivity index (χ2n) is 2.10. The van der Waals surface area contributed by atoms with Crippen LogP contribution in [0.1, 0.15) is 0 Å². The van der Waals surface area contributed by atoms with Crippen LogP contribution in [-0.2, 0) is 16.0 Å². The lowest BCUT2D eigenvalue weighted by molar-refractivity contribution is -0.678. The Balaban J connectivity index is 0.00000121. The van der Waals surface area contributed by atoms with Crippen LogP contribution in [0.3, 0.4) is 0 Å². The molecule has 1 N–H and O–H groups in total. The van der Waals surface area contributed by atoms with Crippen LogP contribution >= 0.6 is 0 Å². The Morgan fingerprint density at radius 2 is 1.67 bits per heavy atom. The number of halogens is 1. The monoisotopic (exact) mass is 209 g/mol. The van der Waals surface area contributed by atoms with E-state index in [1.54, 1.807) is 30.6 Å². The topological polar surface area (TPSA) is 58.3 Å². The molecule has 0 spiro atoms. The molecular weight excluding hydrogens is 202 g/mol. The molecule has 0 bridgehead atoms. The van der Waals surface area contributed by atoms with Crippen LogP contribution in [0.25, 0.3) is 0 Å². The molecular formula is C6H8ClNO3S. The highest BCUT2D eigenvalue weighted by Gasteiger charge is 2.10. The van der Waals surface area contributed by atoms with Crippen molar-refractivity contribution in [2.75, 3.05) is 0 Å². The predicted molar refractivity (Wildman–Crippen MR) is 38.2 cm³/mol. The van der Waals surface area contributed by atoms with Crippen molar-refractivity contribution in [3.63, 3.8) is 0 Å². The van der Waals surface area contributed by atoms with E-state index in [-0.39, 0.29) is 12.4 Å². The Kier molecular flexibility index (Phi) is 4.16. The maximum atomic E-state index is 10.3. The molecule has 1 heterocycles. The minimum Gasteiger partial charge on any atom is -1.00 e. The molecule has 6 heteroatoms. The smallest absolute Gasteiger partial charge is 0.326 e. The fourth-order valence-electron chi connectivity index (χ4n) is 0.709. The molecule has 68 valence electrons. The van der Waals surface area contributed by atoms with Crippen molar-refractivity contribution in [3.05, 3.63) is 30.6 Å². The van der Waals surface area contributed by atoms with E-state index in [4.69, 9.17) is 4.55 Å². The first-order valence-electron chi connectivity index (χ1n) is 2.97. The van der Waals surface area contributed by atoms with Gasteiger partial charge < -0.3 is 12.4 Å². The third-order valence-electron chi connectivity index (χ3n) is 1.09. The quantitative estimate of drug-likeness (QED) is 0.413. The van der Waals surface area contributed by atoms with Crippen LogP contribution in [0.5, 0.6) is 0 Å². The molecule has 1 aromatic heterocycles. The maximum Gasteiger partial charge on any atom is 0.326 e. The summed E-state index contributed by atoms with van der Waals surface area (Å²) in [5.74, 6) is -0.395. The van der Waals surface area contributed by atoms with E-state index >= 15 is 0 Å². The normalized spacial score (nSPS) is 10.4. The molecule has 0 saturated carbocycles. The minimum absolute atomic E-state index is 0. The van der Waals surface area contributed by atoms with Crippen LogP contribution in [0, 0.1) is 0 Å². The molecule has 0 aromatic carbocycles. The summed E-state index contributed by atoms with van der Waals surface area (Å²) >= 11 is 0. The molecule has 1 aromatic rings. The molecule has 0 fully saturated rings. The number of hydrogen-bond acceptors (Lipinski definition) is 2. The first-order valence-corrected chi connectivity index (χ1v) is 4.58. The zero-order valence-corrected chi connectivity index (χ0v) is 7.66. The molecule has 0 radical (unpaired) electrons. The van der Waals surface area contributed by atoms with Gasteiger partial charge in [0.05, 0.1) is 0 Å². The van der Waals surface area contributed by atoms with Gasteiger partial charge in [0.1, 0.15) is 0 Å². The van der Waals surface area contributed by atoms with Crippen LogP contribution in [0.4, 0.5) is 0 Å². The molecule has 12 heavy (non-hydrogen) atoms. The Morgan fingerprint density at radius 3 is 2.08 bits per heavy atom. The molecule has 4 nitrogen and oxygen atoms in total. The van der Waals surface area contributed by atoms with Crippen molar-refractivity contribution >= 4 is 10.1 Å². The lowest BCUT2D eigenvalue weighted by Gasteiger charge is -1.90. The molecule has 0 unspecified atom stereocenters. The van der Waals surface area contributed by atoms with Crippen molar-refractivity contribution in [1.29, 1.82) is 0 Å². The fraction of sp³-hybridized carbons (Fsp3) is 0.167. The number of aromatic nitrogens is 1. The van der Waals surface area contributed by atoms with Crippen molar-refractivity contribution in [1.82, 2.24) is 0 Å². The van der Waals surface area contributed by atoms with E-state index in [0.29, 0.717) is 0 Å². The highest BCUT2D eigenvalue weighted by atomic mass is 35.5. The summed E-state index contributed by atoms with van der Waals surface area (Å²) in [5.41, 5.74) is 0. The second-order valence-corrected chi connectivity index (χ2v) is 3.52. The molecule has 0 atom stereocenters. The first kappa shape index (κ1) is 11.4. The summed E-state index contributed by atoms with van der Waals surface area (Å²) in [6.07, 6.45) is 3.13. The summed E-state index contributed by atoms with van der Waals surface area (Å²) in [7, 11) is -3.91. The number of rotatable bonds is 2. The first-order chi connectivity index (χ1) is 5.08. The molecule has 0 aliphatic rings. The van der Waals surface area contributed by atoms with Gasteiger partial charge in [-0.15, -0.1) is 0 Å². The SMILES string of the molecule is O=S(=O)(O)C[n+]1ccccc1.[Cl-]. The summed E-state index contributed by atoms with van der Waals surface area (Å²) in [6.45, 7) is 0. The van der Waals surface area contributed by atoms with Crippen LogP contribution in [0.15, 0.2) is 30.6 Å². The Labute approximate surface area is 77.0 Å². The van der Waals surface area contributed by atoms with Crippen molar-refractivity contribution < 1.29 is 29.9 Å². The van der Waals surface area contributed by atoms with Crippen molar-refractivity contribution in [3.8, 4) is 0 Å². The van der Waals surface area contributed by atoms with Gasteiger partial charge in [-0.2, -0.15) is 13.0 Å². The van der Waals surface area contributed by atoms with E-state index in [2.05, 4.69) is 0 Å². The molecule has 0 aliphatic carbocycles. The van der Waals surface area contributed by atoms with Gasteiger partial charge in [0.25, 0.3) is 5.88 Å². The predicted octanol–water partition coefficient (Wildman–Crippen LogP) is -3.18. The molecule has 1 rings (SSSR count). The van der Waals surface area contributed by atoms with Crippen molar-refractivity contribution in [2.45, 2.75) is 5.88 Å². The average Bonchev–Trinajstić information content (AvgIpc) is 1.85. The summed E-state index contributed by atoms with van der Waals surface area (Å²) in [5, 5.41) is 0. The van der Waals surface area contributed by atoms with Gasteiger partial charge in [0.15, 0.2) is 12.4 Å². The van der Waals surface area contributed by atoms with E-state index in [1.165, 1.54) is 4.57 Å². The number of nitrogens with zero attached hydrogens (tertiary/aromatic N) is 1. The van der Waals surface area contributed by atoms with Gasteiger partial charge in [0.2, 0.25) is 0 Å². The molecule has 0 saturated heterocycles. The minimum atomic E-state index is -3.91. The van der Waals surface area contributed by atoms with E-state index in [1.807, 2.05) is 0 Å². The highest BCUT2D eigenvalue weighted by molar-refractivity contribution is 7.84. The summed E-state index contributed by atoms with van der Waals surface area (Å²) < 4.78 is 30.5. The van der Waals surface area contributed by atoms with Crippen molar-refractivity contribution in [2.24, 2.45) is 0 Å². The maximum absolute atomic E-state index is 10.3. The summed E-state index contributed by atoms with van der Waals surface area (Å²) in [4.78, 5) is 0. The third kappa shape index (κ3) is 4.27. The van der Waals surface area contributed by atoms with Gasteiger partial charge >= 0.3 is 10.1 Å². The van der Waals surface area contributed by atoms with Crippen LogP contribution < -0.4 is 17.0 Å². The second kappa shape index (κ2) is 4.39. The van der Waals surface area contributed by atoms with E-state index < -0.39 is 16.0 Å².